The summed E-state index contributed by atoms with van der Waals surface area (Å²) in [4.78, 5) is 0.166. The van der Waals surface area contributed by atoms with Crippen molar-refractivity contribution in [3.05, 3.63) is 119 Å². The van der Waals surface area contributed by atoms with E-state index in [0.29, 0.717) is 0 Å². The summed E-state index contributed by atoms with van der Waals surface area (Å²) in [5, 5.41) is 0. The van der Waals surface area contributed by atoms with Crippen molar-refractivity contribution in [3.8, 4) is 0 Å². The van der Waals surface area contributed by atoms with E-state index in [1.54, 1.807) is 24.3 Å². The highest BCUT2D eigenvalue weighted by Crippen LogP contribution is 2.49. The Hall–Kier alpha value is -2.95. The van der Waals surface area contributed by atoms with E-state index in [2.05, 4.69) is 26.0 Å². The molecule has 164 valence electrons. The van der Waals surface area contributed by atoms with Gasteiger partial charge in [-0.15, -0.1) is 0 Å². The largest absolute Gasteiger partial charge is 0.297 e. The molecule has 0 amide bonds. The van der Waals surface area contributed by atoms with Crippen LogP contribution in [-0.4, -0.2) is 14.5 Å². The molecule has 0 aliphatic heterocycles. The number of allylic oxidation sites excluding steroid dienone is 2. The van der Waals surface area contributed by atoms with Gasteiger partial charge >= 0.3 is 0 Å². The van der Waals surface area contributed by atoms with E-state index in [-0.39, 0.29) is 4.90 Å². The Morgan fingerprint density at radius 3 is 1.94 bits per heavy atom. The molecule has 0 fully saturated rings. The summed E-state index contributed by atoms with van der Waals surface area (Å²) in [6, 6.07) is 26.9. The van der Waals surface area contributed by atoms with Crippen LogP contribution in [0.3, 0.4) is 0 Å². The Morgan fingerprint density at radius 2 is 1.34 bits per heavy atom. The monoisotopic (exact) mass is 444 g/mol. The zero-order chi connectivity index (χ0) is 22.9. The summed E-state index contributed by atoms with van der Waals surface area (Å²) < 4.78 is 32.7. The molecule has 0 bridgehead atoms. The van der Waals surface area contributed by atoms with Crippen molar-refractivity contribution in [3.63, 3.8) is 0 Å². The highest BCUT2D eigenvalue weighted by Gasteiger charge is 2.46. The van der Waals surface area contributed by atoms with Crippen LogP contribution in [0.15, 0.2) is 107 Å². The summed E-state index contributed by atoms with van der Waals surface area (Å²) in [5.74, 6) is 0. The molecule has 0 heterocycles. The first-order chi connectivity index (χ1) is 15.2. The van der Waals surface area contributed by atoms with Gasteiger partial charge in [-0.3, -0.25) is 4.18 Å². The lowest BCUT2D eigenvalue weighted by Gasteiger charge is -2.43. The first kappa shape index (κ1) is 22.3. The van der Waals surface area contributed by atoms with Crippen molar-refractivity contribution in [2.24, 2.45) is 0 Å². The first-order valence-corrected chi connectivity index (χ1v) is 12.1. The van der Waals surface area contributed by atoms with Crippen molar-refractivity contribution in [1.82, 2.24) is 0 Å². The van der Waals surface area contributed by atoms with Crippen molar-refractivity contribution in [2.75, 3.05) is 0 Å². The van der Waals surface area contributed by atoms with Crippen molar-refractivity contribution in [1.29, 1.82) is 0 Å². The SMILES string of the molecule is CC1=CC(C)=C(c2ccccc2)C(C)(c2ccccc2)C1OS(=O)(=O)c1ccc(C)cc1. The summed E-state index contributed by atoms with van der Waals surface area (Å²) >= 11 is 0. The molecule has 3 aromatic carbocycles. The van der Waals surface area contributed by atoms with Gasteiger partial charge in [0.05, 0.1) is 4.90 Å². The predicted octanol–water partition coefficient (Wildman–Crippen LogP) is 6.46. The molecule has 1 aliphatic carbocycles. The van der Waals surface area contributed by atoms with Gasteiger partial charge in [0.25, 0.3) is 10.1 Å². The van der Waals surface area contributed by atoms with Gasteiger partial charge in [-0.1, -0.05) is 84.4 Å². The Bertz CT molecular complexity index is 1270. The van der Waals surface area contributed by atoms with Crippen LogP contribution < -0.4 is 0 Å². The number of rotatable bonds is 5. The smallest absolute Gasteiger partial charge is 0.257 e. The molecule has 3 aromatic rings. The molecule has 4 heteroatoms. The zero-order valence-corrected chi connectivity index (χ0v) is 19.7. The second kappa shape index (κ2) is 8.53. The van der Waals surface area contributed by atoms with E-state index in [4.69, 9.17) is 4.18 Å². The maximum atomic E-state index is 13.3. The third-order valence-corrected chi connectivity index (χ3v) is 7.56. The van der Waals surface area contributed by atoms with Gasteiger partial charge in [-0.05, 0) is 67.7 Å². The topological polar surface area (TPSA) is 43.4 Å². The molecular weight excluding hydrogens is 416 g/mol. The fourth-order valence-electron chi connectivity index (χ4n) is 4.76. The van der Waals surface area contributed by atoms with E-state index < -0.39 is 21.6 Å². The fourth-order valence-corrected chi connectivity index (χ4v) is 5.94. The van der Waals surface area contributed by atoms with E-state index in [9.17, 15) is 8.42 Å². The minimum atomic E-state index is -3.98. The van der Waals surface area contributed by atoms with Crippen LogP contribution in [-0.2, 0) is 19.7 Å². The lowest BCUT2D eigenvalue weighted by molar-refractivity contribution is 0.184. The fraction of sp³-hybridized carbons (Fsp3) is 0.214. The molecule has 2 unspecified atom stereocenters. The Kier molecular flexibility index (Phi) is 5.93. The molecule has 0 saturated heterocycles. The average molecular weight is 445 g/mol. The maximum absolute atomic E-state index is 13.3. The highest BCUT2D eigenvalue weighted by atomic mass is 32.2. The quantitative estimate of drug-likeness (QED) is 0.424. The lowest BCUT2D eigenvalue weighted by Crippen LogP contribution is -2.44. The van der Waals surface area contributed by atoms with Crippen LogP contribution >= 0.6 is 0 Å². The molecule has 0 radical (unpaired) electrons. The normalized spacial score (nSPS) is 21.4. The molecule has 4 rings (SSSR count). The summed E-state index contributed by atoms with van der Waals surface area (Å²) in [5.41, 5.74) is 5.41. The van der Waals surface area contributed by atoms with Gasteiger partial charge in [0.15, 0.2) is 0 Å². The molecule has 3 nitrogen and oxygen atoms in total. The van der Waals surface area contributed by atoms with Gasteiger partial charge in [-0.25, -0.2) is 0 Å². The summed E-state index contributed by atoms with van der Waals surface area (Å²) in [6.45, 7) is 8.04. The van der Waals surface area contributed by atoms with Crippen LogP contribution in [0, 0.1) is 6.92 Å². The molecule has 0 aromatic heterocycles. The number of aryl methyl sites for hydroxylation is 1. The third kappa shape index (κ3) is 3.96. The average Bonchev–Trinajstić information content (AvgIpc) is 2.78. The molecule has 32 heavy (non-hydrogen) atoms. The van der Waals surface area contributed by atoms with Gasteiger partial charge in [-0.2, -0.15) is 8.42 Å². The number of benzene rings is 3. The zero-order valence-electron chi connectivity index (χ0n) is 18.9. The molecule has 2 atom stereocenters. The van der Waals surface area contributed by atoms with Crippen LogP contribution in [0.4, 0.5) is 0 Å². The summed E-state index contributed by atoms with van der Waals surface area (Å²) in [6.07, 6.45) is 1.36. The van der Waals surface area contributed by atoms with Crippen molar-refractivity contribution < 1.29 is 12.6 Å². The number of hydrogen-bond acceptors (Lipinski definition) is 3. The molecule has 0 N–H and O–H groups in total. The van der Waals surface area contributed by atoms with Crippen LogP contribution in [0.5, 0.6) is 0 Å². The van der Waals surface area contributed by atoms with E-state index >= 15 is 0 Å². The molecule has 0 spiro atoms. The number of hydrogen-bond donors (Lipinski definition) is 0. The second-order valence-corrected chi connectivity index (χ2v) is 10.2. The molecular formula is C28H28O3S. The van der Waals surface area contributed by atoms with Gasteiger partial charge in [0.1, 0.15) is 6.10 Å². The van der Waals surface area contributed by atoms with Gasteiger partial charge in [0, 0.05) is 5.41 Å². The Balaban J connectivity index is 1.90. The van der Waals surface area contributed by atoms with Crippen LogP contribution in [0.1, 0.15) is 37.5 Å². The van der Waals surface area contributed by atoms with E-state index in [1.165, 1.54) is 0 Å². The van der Waals surface area contributed by atoms with Crippen LogP contribution in [0.2, 0.25) is 0 Å². The third-order valence-electron chi connectivity index (χ3n) is 6.26. The minimum Gasteiger partial charge on any atom is -0.257 e. The van der Waals surface area contributed by atoms with Crippen LogP contribution in [0.25, 0.3) is 5.57 Å². The van der Waals surface area contributed by atoms with Crippen molar-refractivity contribution in [2.45, 2.75) is 44.1 Å². The lowest BCUT2D eigenvalue weighted by atomic mass is 9.64. The standard InChI is InChI=1S/C28H28O3S/c1-20-15-17-25(18-16-20)32(29,30)31-27-22(3)19-21(2)26(23-11-7-5-8-12-23)28(27,4)24-13-9-6-10-14-24/h5-19,27H,1-4H3. The van der Waals surface area contributed by atoms with Gasteiger partial charge in [0.2, 0.25) is 0 Å². The Morgan fingerprint density at radius 1 is 0.781 bits per heavy atom. The maximum Gasteiger partial charge on any atom is 0.297 e. The minimum absolute atomic E-state index is 0.166. The molecule has 0 saturated carbocycles. The van der Waals surface area contributed by atoms with E-state index in [0.717, 1.165) is 33.4 Å². The van der Waals surface area contributed by atoms with E-state index in [1.807, 2.05) is 68.5 Å². The second-order valence-electron chi connectivity index (χ2n) is 8.62. The predicted molar refractivity (Wildman–Crippen MR) is 130 cm³/mol. The van der Waals surface area contributed by atoms with Gasteiger partial charge < -0.3 is 0 Å². The summed E-state index contributed by atoms with van der Waals surface area (Å²) in [7, 11) is -3.98. The Labute approximate surface area is 191 Å². The first-order valence-electron chi connectivity index (χ1n) is 10.7. The van der Waals surface area contributed by atoms with Crippen molar-refractivity contribution >= 4 is 15.7 Å². The highest BCUT2D eigenvalue weighted by molar-refractivity contribution is 7.86. The molecule has 1 aliphatic rings.